The van der Waals surface area contributed by atoms with Crippen LogP contribution in [0.15, 0.2) is 12.1 Å². The second kappa shape index (κ2) is 4.71. The molecule has 0 radical (unpaired) electrons. The molecule has 1 N–H and O–H groups in total. The summed E-state index contributed by atoms with van der Waals surface area (Å²) >= 11 is 0. The number of aromatic carboxylic acids is 1. The van der Waals surface area contributed by atoms with Gasteiger partial charge in [0.1, 0.15) is 0 Å². The number of nitriles is 1. The van der Waals surface area contributed by atoms with Crippen molar-refractivity contribution >= 4 is 5.97 Å². The maximum Gasteiger partial charge on any atom is 0.335 e. The van der Waals surface area contributed by atoms with Crippen molar-refractivity contribution < 1.29 is 18.7 Å². The molecule has 0 aliphatic heterocycles. The molecule has 0 atom stereocenters. The second-order valence-corrected chi connectivity index (χ2v) is 3.17. The number of alkyl halides is 2. The Morgan fingerprint density at radius 3 is 2.56 bits per heavy atom. The molecule has 0 aliphatic carbocycles. The van der Waals surface area contributed by atoms with E-state index >= 15 is 0 Å². The molecule has 0 heterocycles. The van der Waals surface area contributed by atoms with Crippen LogP contribution in [0.3, 0.4) is 0 Å². The Bertz CT molecular complexity index is 464. The molecule has 1 aromatic rings. The molecule has 0 unspecified atom stereocenters. The van der Waals surface area contributed by atoms with Gasteiger partial charge in [0.05, 0.1) is 17.2 Å². The summed E-state index contributed by atoms with van der Waals surface area (Å²) in [6.45, 7) is 1.63. The van der Waals surface area contributed by atoms with Crippen molar-refractivity contribution in [1.82, 2.24) is 0 Å². The zero-order chi connectivity index (χ0) is 12.3. The molecule has 1 aromatic carbocycles. The monoisotopic (exact) mass is 225 g/mol. The topological polar surface area (TPSA) is 61.1 Å². The van der Waals surface area contributed by atoms with E-state index in [0.29, 0.717) is 0 Å². The number of carboxylic acid groups (broad SMARTS) is 1. The van der Waals surface area contributed by atoms with Crippen LogP contribution in [0, 0.1) is 11.3 Å². The maximum absolute atomic E-state index is 12.7. The van der Waals surface area contributed by atoms with Crippen molar-refractivity contribution in [2.24, 2.45) is 0 Å². The van der Waals surface area contributed by atoms with Crippen molar-refractivity contribution in [3.63, 3.8) is 0 Å². The van der Waals surface area contributed by atoms with Crippen LogP contribution in [-0.4, -0.2) is 11.1 Å². The van der Waals surface area contributed by atoms with E-state index < -0.39 is 12.4 Å². The molecule has 0 aromatic heterocycles. The summed E-state index contributed by atoms with van der Waals surface area (Å²) < 4.78 is 25.4. The van der Waals surface area contributed by atoms with Gasteiger partial charge in [0, 0.05) is 5.56 Å². The Labute approximate surface area is 90.9 Å². The molecule has 0 fully saturated rings. The van der Waals surface area contributed by atoms with Crippen molar-refractivity contribution in [3.8, 4) is 6.07 Å². The molecule has 16 heavy (non-hydrogen) atoms. The van der Waals surface area contributed by atoms with Gasteiger partial charge in [-0.25, -0.2) is 13.6 Å². The first-order valence-electron chi connectivity index (χ1n) is 4.59. The fourth-order valence-corrected chi connectivity index (χ4v) is 1.48. The van der Waals surface area contributed by atoms with Gasteiger partial charge >= 0.3 is 5.97 Å². The number of nitrogens with zero attached hydrogens (tertiary/aromatic N) is 1. The first kappa shape index (κ1) is 12.1. The summed E-state index contributed by atoms with van der Waals surface area (Å²) in [7, 11) is 0. The minimum atomic E-state index is -2.77. The average molecular weight is 225 g/mol. The highest BCUT2D eigenvalue weighted by Crippen LogP contribution is 2.28. The average Bonchev–Trinajstić information content (AvgIpc) is 2.26. The van der Waals surface area contributed by atoms with Gasteiger partial charge in [-0.3, -0.25) is 0 Å². The summed E-state index contributed by atoms with van der Waals surface area (Å²) in [4.78, 5) is 10.7. The van der Waals surface area contributed by atoms with Crippen LogP contribution < -0.4 is 0 Å². The van der Waals surface area contributed by atoms with Gasteiger partial charge in [0.25, 0.3) is 6.43 Å². The fourth-order valence-electron chi connectivity index (χ4n) is 1.48. The lowest BCUT2D eigenvalue weighted by atomic mass is 9.97. The number of rotatable bonds is 3. The van der Waals surface area contributed by atoms with Crippen LogP contribution in [0.5, 0.6) is 0 Å². The Hall–Kier alpha value is -1.96. The molecule has 0 aliphatic rings. The fraction of sp³-hybridized carbons (Fsp3) is 0.273. The summed E-state index contributed by atoms with van der Waals surface area (Å²) in [6, 6.07) is 3.76. The molecule has 0 saturated carbocycles. The molecule has 0 bridgehead atoms. The number of benzene rings is 1. The highest BCUT2D eigenvalue weighted by Gasteiger charge is 2.19. The number of halogens is 2. The molecule has 5 heteroatoms. The highest BCUT2D eigenvalue weighted by atomic mass is 19.3. The summed E-state index contributed by atoms with van der Waals surface area (Å²) in [5.74, 6) is -1.23. The van der Waals surface area contributed by atoms with Crippen LogP contribution in [0.1, 0.15) is 40.4 Å². The molecular weight excluding hydrogens is 216 g/mol. The van der Waals surface area contributed by atoms with Crippen LogP contribution in [0.2, 0.25) is 0 Å². The van der Waals surface area contributed by atoms with Crippen molar-refractivity contribution in [2.45, 2.75) is 19.8 Å². The first-order chi connectivity index (χ1) is 7.51. The molecule has 3 nitrogen and oxygen atoms in total. The zero-order valence-corrected chi connectivity index (χ0v) is 8.50. The lowest BCUT2D eigenvalue weighted by Gasteiger charge is -2.10. The third-order valence-electron chi connectivity index (χ3n) is 2.23. The van der Waals surface area contributed by atoms with Crippen LogP contribution in [0.25, 0.3) is 0 Å². The van der Waals surface area contributed by atoms with Crippen molar-refractivity contribution in [2.75, 3.05) is 0 Å². The lowest BCUT2D eigenvalue weighted by molar-refractivity contribution is 0.0696. The first-order valence-corrected chi connectivity index (χ1v) is 4.59. The van der Waals surface area contributed by atoms with E-state index in [1.54, 1.807) is 13.0 Å². The van der Waals surface area contributed by atoms with E-state index in [1.807, 2.05) is 0 Å². The van der Waals surface area contributed by atoms with Crippen molar-refractivity contribution in [3.05, 3.63) is 34.4 Å². The van der Waals surface area contributed by atoms with E-state index in [1.165, 1.54) is 6.07 Å². The SMILES string of the molecule is CCc1cc(C(=O)O)cc(C#N)c1C(F)F. The van der Waals surface area contributed by atoms with Gasteiger partial charge in [-0.2, -0.15) is 5.26 Å². The van der Waals surface area contributed by atoms with Gasteiger partial charge in [-0.15, -0.1) is 0 Å². The van der Waals surface area contributed by atoms with E-state index in [9.17, 15) is 13.6 Å². The summed E-state index contributed by atoms with van der Waals surface area (Å²) in [5, 5.41) is 17.5. The largest absolute Gasteiger partial charge is 0.478 e. The summed E-state index contributed by atoms with van der Waals surface area (Å²) in [5.41, 5.74) is -0.578. The lowest BCUT2D eigenvalue weighted by Crippen LogP contribution is -2.04. The molecule has 0 saturated heterocycles. The van der Waals surface area contributed by atoms with E-state index in [4.69, 9.17) is 10.4 Å². The van der Waals surface area contributed by atoms with E-state index in [2.05, 4.69) is 0 Å². The van der Waals surface area contributed by atoms with Gasteiger partial charge in [0.15, 0.2) is 0 Å². The molecule has 84 valence electrons. The maximum atomic E-state index is 12.7. The number of hydrogen-bond acceptors (Lipinski definition) is 2. The minimum Gasteiger partial charge on any atom is -0.478 e. The zero-order valence-electron chi connectivity index (χ0n) is 8.50. The second-order valence-electron chi connectivity index (χ2n) is 3.17. The Morgan fingerprint density at radius 2 is 2.19 bits per heavy atom. The van der Waals surface area contributed by atoms with Crippen molar-refractivity contribution in [1.29, 1.82) is 5.26 Å². The van der Waals surface area contributed by atoms with Gasteiger partial charge in [-0.1, -0.05) is 6.92 Å². The molecule has 1 rings (SSSR count). The Kier molecular flexibility index (Phi) is 3.56. The third-order valence-corrected chi connectivity index (χ3v) is 2.23. The predicted molar refractivity (Wildman–Crippen MR) is 52.5 cm³/mol. The smallest absolute Gasteiger partial charge is 0.335 e. The Balaban J connectivity index is 3.51. The van der Waals surface area contributed by atoms with Gasteiger partial charge < -0.3 is 5.11 Å². The number of carboxylic acids is 1. The molecule has 0 spiro atoms. The Morgan fingerprint density at radius 1 is 1.56 bits per heavy atom. The number of aryl methyl sites for hydroxylation is 1. The standard InChI is InChI=1S/C11H9F2NO2/c1-2-6-3-7(11(15)16)4-8(5-14)9(6)10(12)13/h3-4,10H,2H2,1H3,(H,15,16). The number of hydrogen-bond donors (Lipinski definition) is 1. The highest BCUT2D eigenvalue weighted by molar-refractivity contribution is 5.88. The molecule has 0 amide bonds. The quantitative estimate of drug-likeness (QED) is 0.860. The van der Waals surface area contributed by atoms with Crippen LogP contribution in [0.4, 0.5) is 8.78 Å². The van der Waals surface area contributed by atoms with Crippen LogP contribution in [-0.2, 0) is 6.42 Å². The van der Waals surface area contributed by atoms with Gasteiger partial charge in [0.2, 0.25) is 0 Å². The minimum absolute atomic E-state index is 0.141. The number of carbonyl (C=O) groups is 1. The normalized spacial score (nSPS) is 10.2. The van der Waals surface area contributed by atoms with Gasteiger partial charge in [-0.05, 0) is 24.1 Å². The third kappa shape index (κ3) is 2.16. The molecular formula is C11H9F2NO2. The summed E-state index contributed by atoms with van der Waals surface area (Å²) in [6.07, 6.45) is -2.51. The van der Waals surface area contributed by atoms with E-state index in [-0.39, 0.29) is 28.7 Å². The predicted octanol–water partition coefficient (Wildman–Crippen LogP) is 2.76. The van der Waals surface area contributed by atoms with E-state index in [0.717, 1.165) is 6.07 Å². The van der Waals surface area contributed by atoms with Crippen LogP contribution >= 0.6 is 0 Å².